The van der Waals surface area contributed by atoms with Crippen molar-refractivity contribution in [2.24, 2.45) is 0 Å². The van der Waals surface area contributed by atoms with Gasteiger partial charge in [0.15, 0.2) is 0 Å². The van der Waals surface area contributed by atoms with E-state index in [-0.39, 0.29) is 0 Å². The number of hydrogen-bond donors (Lipinski definition) is 2. The molecule has 0 heterocycles. The molecule has 0 saturated carbocycles. The van der Waals surface area contributed by atoms with Crippen LogP contribution in [-0.4, -0.2) is 0 Å². The van der Waals surface area contributed by atoms with Gasteiger partial charge < -0.3 is 20.9 Å². The van der Waals surface area contributed by atoms with Crippen LogP contribution in [0.25, 0.3) is 0 Å². The van der Waals surface area contributed by atoms with Gasteiger partial charge in [-0.15, -0.1) is 0 Å². The molecule has 4 N–H and O–H groups in total. The van der Waals surface area contributed by atoms with Crippen LogP contribution in [0, 0.1) is 0 Å². The fourth-order valence-corrected chi connectivity index (χ4v) is 2.63. The molecule has 3 aromatic rings. The highest BCUT2D eigenvalue weighted by Gasteiger charge is 2.09. The van der Waals surface area contributed by atoms with Crippen molar-refractivity contribution in [1.29, 1.82) is 0 Å². The van der Waals surface area contributed by atoms with Crippen molar-refractivity contribution in [1.82, 2.24) is 0 Å². The zero-order valence-corrected chi connectivity index (χ0v) is 15.1. The summed E-state index contributed by atoms with van der Waals surface area (Å²) in [6, 6.07) is 14.8. The molecule has 0 aliphatic heterocycles. The maximum absolute atomic E-state index is 6.15. The highest BCUT2D eigenvalue weighted by Crippen LogP contribution is 2.37. The molecular formula is C18H13Cl3N2O2. The first kappa shape index (κ1) is 17.5. The molecule has 128 valence electrons. The van der Waals surface area contributed by atoms with Crippen molar-refractivity contribution in [3.05, 3.63) is 69.7 Å². The van der Waals surface area contributed by atoms with Gasteiger partial charge in [0.2, 0.25) is 0 Å². The number of nitrogens with two attached hydrogens (primary N) is 2. The van der Waals surface area contributed by atoms with Crippen LogP contribution in [0.15, 0.2) is 54.6 Å². The smallest absolute Gasteiger partial charge is 0.148 e. The van der Waals surface area contributed by atoms with Gasteiger partial charge in [0.05, 0.1) is 10.0 Å². The molecule has 0 spiro atoms. The first-order valence-electron chi connectivity index (χ1n) is 7.17. The molecule has 0 atom stereocenters. The summed E-state index contributed by atoms with van der Waals surface area (Å²) in [5, 5.41) is 1.28. The number of hydrogen-bond acceptors (Lipinski definition) is 4. The summed E-state index contributed by atoms with van der Waals surface area (Å²) in [6.45, 7) is 0. The van der Waals surface area contributed by atoms with Crippen molar-refractivity contribution < 1.29 is 9.47 Å². The second kappa shape index (κ2) is 7.31. The van der Waals surface area contributed by atoms with Gasteiger partial charge in [-0.3, -0.25) is 0 Å². The molecule has 7 heteroatoms. The molecule has 0 aliphatic rings. The van der Waals surface area contributed by atoms with Gasteiger partial charge in [-0.2, -0.15) is 0 Å². The lowest BCUT2D eigenvalue weighted by Gasteiger charge is -2.12. The molecule has 0 aliphatic carbocycles. The van der Waals surface area contributed by atoms with Crippen molar-refractivity contribution >= 4 is 46.2 Å². The minimum Gasteiger partial charge on any atom is -0.456 e. The third-order valence-corrected chi connectivity index (χ3v) is 4.05. The molecule has 3 aromatic carbocycles. The minimum atomic E-state index is 0.414. The lowest BCUT2D eigenvalue weighted by Crippen LogP contribution is -1.92. The molecule has 0 bridgehead atoms. The summed E-state index contributed by atoms with van der Waals surface area (Å²) in [5.74, 6) is 1.71. The summed E-state index contributed by atoms with van der Waals surface area (Å²) in [6.07, 6.45) is 0. The van der Waals surface area contributed by atoms with Crippen LogP contribution >= 0.6 is 34.8 Å². The van der Waals surface area contributed by atoms with E-state index in [0.29, 0.717) is 49.4 Å². The third kappa shape index (κ3) is 4.42. The van der Waals surface area contributed by atoms with Gasteiger partial charge in [0.25, 0.3) is 0 Å². The quantitative estimate of drug-likeness (QED) is 0.502. The van der Waals surface area contributed by atoms with Gasteiger partial charge in [-0.05, 0) is 36.4 Å². The van der Waals surface area contributed by atoms with Gasteiger partial charge >= 0.3 is 0 Å². The van der Waals surface area contributed by atoms with E-state index in [1.165, 1.54) is 0 Å². The molecular weight excluding hydrogens is 383 g/mol. The molecule has 25 heavy (non-hydrogen) atoms. The summed E-state index contributed by atoms with van der Waals surface area (Å²) in [5.41, 5.74) is 12.6. The predicted molar refractivity (Wildman–Crippen MR) is 103 cm³/mol. The maximum atomic E-state index is 6.15. The summed E-state index contributed by atoms with van der Waals surface area (Å²) < 4.78 is 11.5. The van der Waals surface area contributed by atoms with Crippen molar-refractivity contribution in [2.45, 2.75) is 0 Å². The van der Waals surface area contributed by atoms with E-state index in [0.717, 1.165) is 0 Å². The van der Waals surface area contributed by atoms with E-state index in [2.05, 4.69) is 0 Å². The molecule has 0 unspecified atom stereocenters. The zero-order valence-electron chi connectivity index (χ0n) is 12.8. The fraction of sp³-hybridized carbons (Fsp3) is 0. The highest BCUT2D eigenvalue weighted by molar-refractivity contribution is 6.32. The lowest BCUT2D eigenvalue weighted by molar-refractivity contribution is 0.461. The standard InChI is InChI=1S/C18H13Cl3N2O2/c19-10-5-13(24-17-7-11(22)1-3-15(17)20)9-14(6-10)25-18-8-12(23)2-4-16(18)21/h1-9H,22-23H2. The Morgan fingerprint density at radius 2 is 1.04 bits per heavy atom. The van der Waals surface area contributed by atoms with Crippen molar-refractivity contribution in [3.8, 4) is 23.0 Å². The second-order valence-corrected chi connectivity index (χ2v) is 6.46. The Hall–Kier alpha value is -2.27. The van der Waals surface area contributed by atoms with Crippen LogP contribution in [0.2, 0.25) is 15.1 Å². The topological polar surface area (TPSA) is 70.5 Å². The average molecular weight is 396 g/mol. The van der Waals surface area contributed by atoms with E-state index < -0.39 is 0 Å². The molecule has 0 radical (unpaired) electrons. The maximum Gasteiger partial charge on any atom is 0.148 e. The van der Waals surface area contributed by atoms with Crippen molar-refractivity contribution in [2.75, 3.05) is 11.5 Å². The first-order chi connectivity index (χ1) is 11.9. The van der Waals surface area contributed by atoms with Crippen LogP contribution in [-0.2, 0) is 0 Å². The predicted octanol–water partition coefficient (Wildman–Crippen LogP) is 6.40. The number of nitrogen functional groups attached to an aromatic ring is 2. The number of anilines is 2. The van der Waals surface area contributed by atoms with E-state index >= 15 is 0 Å². The van der Waals surface area contributed by atoms with E-state index in [1.54, 1.807) is 54.6 Å². The molecule has 0 aromatic heterocycles. The van der Waals surface area contributed by atoms with Crippen LogP contribution in [0.5, 0.6) is 23.0 Å². The highest BCUT2D eigenvalue weighted by atomic mass is 35.5. The monoisotopic (exact) mass is 394 g/mol. The molecule has 0 fully saturated rings. The largest absolute Gasteiger partial charge is 0.456 e. The Morgan fingerprint density at radius 1 is 0.600 bits per heavy atom. The second-order valence-electron chi connectivity index (χ2n) is 5.21. The van der Waals surface area contributed by atoms with Gasteiger partial charge in [0, 0.05) is 34.6 Å². The summed E-state index contributed by atoms with van der Waals surface area (Å²) >= 11 is 18.4. The van der Waals surface area contributed by atoms with Crippen LogP contribution in [0.3, 0.4) is 0 Å². The van der Waals surface area contributed by atoms with Crippen LogP contribution in [0.1, 0.15) is 0 Å². The fourth-order valence-electron chi connectivity index (χ4n) is 2.11. The molecule has 3 rings (SSSR count). The summed E-state index contributed by atoms with van der Waals surface area (Å²) in [4.78, 5) is 0. The Labute approximate surface area is 159 Å². The van der Waals surface area contributed by atoms with Crippen LogP contribution in [0.4, 0.5) is 11.4 Å². The van der Waals surface area contributed by atoms with E-state index in [4.69, 9.17) is 55.7 Å². The minimum absolute atomic E-state index is 0.414. The Kier molecular flexibility index (Phi) is 5.13. The Bertz CT molecular complexity index is 860. The first-order valence-corrected chi connectivity index (χ1v) is 8.30. The van der Waals surface area contributed by atoms with Crippen LogP contribution < -0.4 is 20.9 Å². The number of benzene rings is 3. The van der Waals surface area contributed by atoms with Gasteiger partial charge in [-0.25, -0.2) is 0 Å². The average Bonchev–Trinajstić information content (AvgIpc) is 2.54. The number of rotatable bonds is 4. The number of halogens is 3. The zero-order chi connectivity index (χ0) is 18.0. The number of ether oxygens (including phenoxy) is 2. The SMILES string of the molecule is Nc1ccc(Cl)c(Oc2cc(Cl)cc(Oc3cc(N)ccc3Cl)c2)c1. The van der Waals surface area contributed by atoms with Gasteiger partial charge in [0.1, 0.15) is 23.0 Å². The Morgan fingerprint density at radius 3 is 1.48 bits per heavy atom. The van der Waals surface area contributed by atoms with Crippen molar-refractivity contribution in [3.63, 3.8) is 0 Å². The van der Waals surface area contributed by atoms with E-state index in [1.807, 2.05) is 0 Å². The lowest BCUT2D eigenvalue weighted by atomic mass is 10.3. The summed E-state index contributed by atoms with van der Waals surface area (Å²) in [7, 11) is 0. The molecule has 0 saturated heterocycles. The molecule has 0 amide bonds. The third-order valence-electron chi connectivity index (χ3n) is 3.21. The Balaban J connectivity index is 1.90. The van der Waals surface area contributed by atoms with E-state index in [9.17, 15) is 0 Å². The molecule has 4 nitrogen and oxygen atoms in total. The normalized spacial score (nSPS) is 10.5. The van der Waals surface area contributed by atoms with Gasteiger partial charge in [-0.1, -0.05) is 34.8 Å².